The Kier molecular flexibility index (Phi) is 4.15. The van der Waals surface area contributed by atoms with Gasteiger partial charge in [-0.05, 0) is 25.3 Å². The summed E-state index contributed by atoms with van der Waals surface area (Å²) in [4.78, 5) is 10.8. The molecule has 0 aromatic rings. The lowest BCUT2D eigenvalue weighted by Crippen LogP contribution is -2.38. The number of nitrogens with one attached hydrogen (secondary N) is 1. The lowest BCUT2D eigenvalue weighted by molar-refractivity contribution is -0.141. The van der Waals surface area contributed by atoms with Gasteiger partial charge in [0.2, 0.25) is 0 Å². The number of halogens is 1. The number of alkyl halides is 1. The highest BCUT2D eigenvalue weighted by atomic mass is 19.1. The second kappa shape index (κ2) is 5.17. The molecular formula is C9H16FNO2. The van der Waals surface area contributed by atoms with Crippen molar-refractivity contribution in [2.45, 2.75) is 25.4 Å². The molecule has 1 aliphatic heterocycles. The van der Waals surface area contributed by atoms with Crippen molar-refractivity contribution in [2.24, 2.45) is 5.92 Å². The SMILES string of the molecule is COC(=O)CC[C@@H]1CCNC[C@H]1F. The van der Waals surface area contributed by atoms with Crippen LogP contribution in [0, 0.1) is 5.92 Å². The molecule has 13 heavy (non-hydrogen) atoms. The molecule has 0 bridgehead atoms. The topological polar surface area (TPSA) is 38.3 Å². The van der Waals surface area contributed by atoms with Crippen molar-refractivity contribution >= 4 is 5.97 Å². The Hall–Kier alpha value is -0.640. The molecule has 0 unspecified atom stereocenters. The van der Waals surface area contributed by atoms with Gasteiger partial charge in [-0.1, -0.05) is 0 Å². The van der Waals surface area contributed by atoms with Crippen LogP contribution in [-0.2, 0) is 9.53 Å². The number of piperidine rings is 1. The molecular weight excluding hydrogens is 173 g/mol. The zero-order valence-electron chi connectivity index (χ0n) is 7.88. The van der Waals surface area contributed by atoms with Crippen LogP contribution >= 0.6 is 0 Å². The first kappa shape index (κ1) is 10.4. The predicted molar refractivity (Wildman–Crippen MR) is 47.1 cm³/mol. The van der Waals surface area contributed by atoms with E-state index < -0.39 is 6.17 Å². The van der Waals surface area contributed by atoms with Crippen molar-refractivity contribution in [1.82, 2.24) is 5.32 Å². The van der Waals surface area contributed by atoms with Gasteiger partial charge in [0, 0.05) is 13.0 Å². The summed E-state index contributed by atoms with van der Waals surface area (Å²) >= 11 is 0. The van der Waals surface area contributed by atoms with E-state index in [0.29, 0.717) is 19.4 Å². The third-order valence-electron chi connectivity index (χ3n) is 2.49. The fourth-order valence-electron chi connectivity index (χ4n) is 1.61. The minimum Gasteiger partial charge on any atom is -0.469 e. The van der Waals surface area contributed by atoms with Gasteiger partial charge in [-0.2, -0.15) is 0 Å². The van der Waals surface area contributed by atoms with Gasteiger partial charge in [0.05, 0.1) is 7.11 Å². The van der Waals surface area contributed by atoms with E-state index in [0.717, 1.165) is 13.0 Å². The Bertz CT molecular complexity index is 175. The Morgan fingerprint density at radius 3 is 3.08 bits per heavy atom. The maximum absolute atomic E-state index is 13.2. The number of hydrogen-bond acceptors (Lipinski definition) is 3. The average molecular weight is 189 g/mol. The van der Waals surface area contributed by atoms with E-state index in [9.17, 15) is 9.18 Å². The van der Waals surface area contributed by atoms with E-state index >= 15 is 0 Å². The Labute approximate surface area is 77.6 Å². The number of carbonyl (C=O) groups is 1. The van der Waals surface area contributed by atoms with E-state index in [1.165, 1.54) is 7.11 Å². The van der Waals surface area contributed by atoms with Gasteiger partial charge in [0.15, 0.2) is 0 Å². The van der Waals surface area contributed by atoms with Crippen molar-refractivity contribution in [2.75, 3.05) is 20.2 Å². The Morgan fingerprint density at radius 2 is 2.46 bits per heavy atom. The first-order chi connectivity index (χ1) is 6.24. The number of carbonyl (C=O) groups excluding carboxylic acids is 1. The number of methoxy groups -OCH3 is 1. The molecule has 1 saturated heterocycles. The van der Waals surface area contributed by atoms with Gasteiger partial charge >= 0.3 is 5.97 Å². The summed E-state index contributed by atoms with van der Waals surface area (Å²) in [6, 6.07) is 0. The van der Waals surface area contributed by atoms with Crippen LogP contribution in [0.4, 0.5) is 4.39 Å². The minimum atomic E-state index is -0.807. The standard InChI is InChI=1S/C9H16FNO2/c1-13-9(12)3-2-7-4-5-11-6-8(7)10/h7-8,11H,2-6H2,1H3/t7-,8-/m1/s1. The number of hydrogen-bond donors (Lipinski definition) is 1. The van der Waals surface area contributed by atoms with Gasteiger partial charge in [-0.3, -0.25) is 4.79 Å². The third kappa shape index (κ3) is 3.30. The van der Waals surface area contributed by atoms with Gasteiger partial charge in [0.1, 0.15) is 6.17 Å². The average Bonchev–Trinajstić information content (AvgIpc) is 2.16. The number of esters is 1. The smallest absolute Gasteiger partial charge is 0.305 e. The quantitative estimate of drug-likeness (QED) is 0.670. The lowest BCUT2D eigenvalue weighted by atomic mass is 9.91. The molecule has 4 heteroatoms. The van der Waals surface area contributed by atoms with Crippen LogP contribution in [0.25, 0.3) is 0 Å². The monoisotopic (exact) mass is 189 g/mol. The van der Waals surface area contributed by atoms with Gasteiger partial charge in [0.25, 0.3) is 0 Å². The molecule has 2 atom stereocenters. The predicted octanol–water partition coefficient (Wildman–Crippen LogP) is 0.887. The molecule has 1 rings (SSSR count). The molecule has 1 heterocycles. The summed E-state index contributed by atoms with van der Waals surface area (Å²) in [5, 5.41) is 2.97. The number of ether oxygens (including phenoxy) is 1. The van der Waals surface area contributed by atoms with E-state index in [1.807, 2.05) is 0 Å². The van der Waals surface area contributed by atoms with Crippen LogP contribution in [-0.4, -0.2) is 32.3 Å². The highest BCUT2D eigenvalue weighted by Gasteiger charge is 2.24. The van der Waals surface area contributed by atoms with E-state index in [-0.39, 0.29) is 11.9 Å². The zero-order valence-corrected chi connectivity index (χ0v) is 7.88. The fraction of sp³-hybridized carbons (Fsp3) is 0.889. The molecule has 0 amide bonds. The zero-order chi connectivity index (χ0) is 9.68. The van der Waals surface area contributed by atoms with Crippen molar-refractivity contribution in [3.8, 4) is 0 Å². The lowest BCUT2D eigenvalue weighted by Gasteiger charge is -2.26. The van der Waals surface area contributed by atoms with E-state index in [2.05, 4.69) is 10.1 Å². The van der Waals surface area contributed by atoms with Crippen LogP contribution in [0.2, 0.25) is 0 Å². The summed E-state index contributed by atoms with van der Waals surface area (Å²) in [5.41, 5.74) is 0. The summed E-state index contributed by atoms with van der Waals surface area (Å²) in [5.74, 6) is -0.217. The Morgan fingerprint density at radius 1 is 1.69 bits per heavy atom. The molecule has 76 valence electrons. The van der Waals surface area contributed by atoms with Gasteiger partial charge in [-0.15, -0.1) is 0 Å². The molecule has 0 aliphatic carbocycles. The van der Waals surface area contributed by atoms with Gasteiger partial charge < -0.3 is 10.1 Å². The third-order valence-corrected chi connectivity index (χ3v) is 2.49. The molecule has 0 radical (unpaired) electrons. The van der Waals surface area contributed by atoms with Crippen LogP contribution < -0.4 is 5.32 Å². The van der Waals surface area contributed by atoms with Crippen LogP contribution in [0.1, 0.15) is 19.3 Å². The van der Waals surface area contributed by atoms with Crippen molar-refractivity contribution in [1.29, 1.82) is 0 Å². The molecule has 0 aromatic carbocycles. The fourth-order valence-corrected chi connectivity index (χ4v) is 1.61. The molecule has 3 nitrogen and oxygen atoms in total. The van der Waals surface area contributed by atoms with Crippen molar-refractivity contribution in [3.05, 3.63) is 0 Å². The summed E-state index contributed by atoms with van der Waals surface area (Å²) in [6.07, 6.45) is 0.952. The largest absolute Gasteiger partial charge is 0.469 e. The Balaban J connectivity index is 2.22. The number of rotatable bonds is 3. The first-order valence-corrected chi connectivity index (χ1v) is 4.65. The maximum atomic E-state index is 13.2. The first-order valence-electron chi connectivity index (χ1n) is 4.65. The van der Waals surface area contributed by atoms with E-state index in [4.69, 9.17) is 0 Å². The molecule has 1 fully saturated rings. The minimum absolute atomic E-state index is 0.0281. The van der Waals surface area contributed by atoms with Crippen molar-refractivity contribution < 1.29 is 13.9 Å². The van der Waals surface area contributed by atoms with E-state index in [1.54, 1.807) is 0 Å². The summed E-state index contributed by atoms with van der Waals surface area (Å²) in [6.45, 7) is 1.28. The highest BCUT2D eigenvalue weighted by molar-refractivity contribution is 5.69. The van der Waals surface area contributed by atoms with Gasteiger partial charge in [-0.25, -0.2) is 4.39 Å². The summed E-state index contributed by atoms with van der Waals surface area (Å²) in [7, 11) is 1.36. The molecule has 1 aliphatic rings. The molecule has 0 aromatic heterocycles. The maximum Gasteiger partial charge on any atom is 0.305 e. The highest BCUT2D eigenvalue weighted by Crippen LogP contribution is 2.21. The van der Waals surface area contributed by atoms with Crippen LogP contribution in [0.15, 0.2) is 0 Å². The van der Waals surface area contributed by atoms with Crippen molar-refractivity contribution in [3.63, 3.8) is 0 Å². The molecule has 0 spiro atoms. The molecule has 0 saturated carbocycles. The van der Waals surface area contributed by atoms with Crippen LogP contribution in [0.5, 0.6) is 0 Å². The summed E-state index contributed by atoms with van der Waals surface area (Å²) < 4.78 is 17.7. The second-order valence-corrected chi connectivity index (χ2v) is 3.38. The normalized spacial score (nSPS) is 28.5. The molecule has 1 N–H and O–H groups in total. The van der Waals surface area contributed by atoms with Crippen LogP contribution in [0.3, 0.4) is 0 Å². The second-order valence-electron chi connectivity index (χ2n) is 3.38.